The molecule has 0 aliphatic rings. The first-order chi connectivity index (χ1) is 12.5. The third-order valence-electron chi connectivity index (χ3n) is 3.69. The van der Waals surface area contributed by atoms with Gasteiger partial charge in [0, 0.05) is 11.5 Å². The lowest BCUT2D eigenvalue weighted by atomic mass is 10.2. The van der Waals surface area contributed by atoms with Gasteiger partial charge in [0.1, 0.15) is 5.78 Å². The molecule has 3 aromatic rings. The van der Waals surface area contributed by atoms with Crippen molar-refractivity contribution < 1.29 is 9.59 Å². The fourth-order valence-electron chi connectivity index (χ4n) is 2.44. The number of amides is 1. The first-order valence-corrected chi connectivity index (χ1v) is 8.90. The minimum absolute atomic E-state index is 0.0324. The molecule has 134 valence electrons. The molecule has 3 rings (SSSR count). The highest BCUT2D eigenvalue weighted by atomic mass is 32.1. The Kier molecular flexibility index (Phi) is 5.17. The molecule has 0 atom stereocenters. The van der Waals surface area contributed by atoms with Crippen LogP contribution in [0.4, 0.5) is 5.13 Å². The number of nitrogens with zero attached hydrogens (tertiary/aromatic N) is 5. The predicted octanol–water partition coefficient (Wildman–Crippen LogP) is 2.37. The lowest BCUT2D eigenvalue weighted by Crippen LogP contribution is -2.15. The van der Waals surface area contributed by atoms with Crippen molar-refractivity contribution in [3.63, 3.8) is 0 Å². The highest BCUT2D eigenvalue weighted by Gasteiger charge is 2.20. The highest BCUT2D eigenvalue weighted by Crippen LogP contribution is 2.17. The van der Waals surface area contributed by atoms with Crippen molar-refractivity contribution in [2.24, 2.45) is 0 Å². The quantitative estimate of drug-likeness (QED) is 0.714. The largest absolute Gasteiger partial charge is 0.300 e. The third-order valence-corrected chi connectivity index (χ3v) is 4.36. The second kappa shape index (κ2) is 7.52. The molecule has 0 spiro atoms. The third kappa shape index (κ3) is 3.83. The topological polar surface area (TPSA) is 103 Å². The van der Waals surface area contributed by atoms with Crippen LogP contribution in [-0.4, -0.2) is 36.0 Å². The number of carbonyl (C=O) groups is 2. The van der Waals surface area contributed by atoms with Gasteiger partial charge in [0.05, 0.1) is 17.8 Å². The van der Waals surface area contributed by atoms with Gasteiger partial charge in [-0.2, -0.15) is 4.37 Å². The summed E-state index contributed by atoms with van der Waals surface area (Å²) in [6.45, 7) is 5.42. The number of benzene rings is 1. The summed E-state index contributed by atoms with van der Waals surface area (Å²) in [5.74, 6) is -0.0300. The number of Topliss-reactive ketones (excluding diaryl/α,β-unsaturated/α-hetero) is 1. The number of hydrogen-bond donors (Lipinski definition) is 1. The number of nitrogens with one attached hydrogen (secondary N) is 1. The Morgan fingerprint density at radius 3 is 2.62 bits per heavy atom. The molecule has 9 heteroatoms. The second-order valence-corrected chi connectivity index (χ2v) is 6.59. The average Bonchev–Trinajstić information content (AvgIpc) is 3.21. The van der Waals surface area contributed by atoms with E-state index in [-0.39, 0.29) is 17.9 Å². The van der Waals surface area contributed by atoms with Gasteiger partial charge in [-0.3, -0.25) is 14.9 Å². The van der Waals surface area contributed by atoms with Crippen molar-refractivity contribution in [2.75, 3.05) is 5.32 Å². The van der Waals surface area contributed by atoms with Gasteiger partial charge in [-0.05, 0) is 32.4 Å². The van der Waals surface area contributed by atoms with Crippen LogP contribution in [0.15, 0.2) is 24.3 Å². The molecule has 0 aliphatic carbocycles. The molecule has 0 unspecified atom stereocenters. The van der Waals surface area contributed by atoms with Crippen LogP contribution >= 0.6 is 11.5 Å². The molecular weight excluding hydrogens is 352 g/mol. The molecule has 1 amide bonds. The van der Waals surface area contributed by atoms with Crippen LogP contribution in [0, 0.1) is 6.92 Å². The number of anilines is 1. The summed E-state index contributed by atoms with van der Waals surface area (Å²) in [6, 6.07) is 7.83. The van der Waals surface area contributed by atoms with E-state index >= 15 is 0 Å². The lowest BCUT2D eigenvalue weighted by Gasteiger charge is -2.06. The Morgan fingerprint density at radius 2 is 1.96 bits per heavy atom. The summed E-state index contributed by atoms with van der Waals surface area (Å²) in [5.41, 5.74) is 2.94. The summed E-state index contributed by atoms with van der Waals surface area (Å²) in [4.78, 5) is 27.8. The van der Waals surface area contributed by atoms with Crippen molar-refractivity contribution in [2.45, 2.75) is 33.6 Å². The standard InChI is InChI=1S/C17H18N6O2S/c1-4-13-15(20-22-23(13)12-7-5-10(2)6-8-12)16(25)19-17-18-14(21-26-17)9-11(3)24/h5-8H,4,9H2,1-3H3,(H,18,19,21,25). The van der Waals surface area contributed by atoms with E-state index in [0.29, 0.717) is 23.1 Å². The number of rotatable bonds is 6. The molecule has 2 heterocycles. The van der Waals surface area contributed by atoms with Crippen LogP contribution in [0.2, 0.25) is 0 Å². The predicted molar refractivity (Wildman–Crippen MR) is 97.7 cm³/mol. The van der Waals surface area contributed by atoms with Crippen LogP contribution < -0.4 is 5.32 Å². The Bertz CT molecular complexity index is 945. The van der Waals surface area contributed by atoms with E-state index in [1.54, 1.807) is 4.68 Å². The molecule has 2 aromatic heterocycles. The van der Waals surface area contributed by atoms with Gasteiger partial charge in [-0.25, -0.2) is 9.67 Å². The van der Waals surface area contributed by atoms with E-state index in [2.05, 4.69) is 25.0 Å². The average molecular weight is 370 g/mol. The van der Waals surface area contributed by atoms with Gasteiger partial charge in [-0.15, -0.1) is 5.10 Å². The first kappa shape index (κ1) is 17.9. The Hall–Kier alpha value is -2.94. The zero-order valence-electron chi connectivity index (χ0n) is 14.7. The second-order valence-electron chi connectivity index (χ2n) is 5.83. The minimum atomic E-state index is -0.397. The van der Waals surface area contributed by atoms with Crippen molar-refractivity contribution in [3.05, 3.63) is 47.0 Å². The highest BCUT2D eigenvalue weighted by molar-refractivity contribution is 7.09. The summed E-state index contributed by atoms with van der Waals surface area (Å²) >= 11 is 1.03. The number of hydrogen-bond acceptors (Lipinski definition) is 7. The van der Waals surface area contributed by atoms with Gasteiger partial charge >= 0.3 is 0 Å². The van der Waals surface area contributed by atoms with E-state index in [4.69, 9.17) is 0 Å². The van der Waals surface area contributed by atoms with E-state index in [1.807, 2.05) is 38.1 Å². The zero-order chi connectivity index (χ0) is 18.7. The van der Waals surface area contributed by atoms with Crippen molar-refractivity contribution in [3.8, 4) is 5.69 Å². The first-order valence-electron chi connectivity index (χ1n) is 8.13. The Labute approximate surface area is 154 Å². The van der Waals surface area contributed by atoms with Gasteiger partial charge in [0.15, 0.2) is 11.5 Å². The number of aromatic nitrogens is 5. The summed E-state index contributed by atoms with van der Waals surface area (Å²) < 4.78 is 5.72. The Morgan fingerprint density at radius 1 is 1.23 bits per heavy atom. The van der Waals surface area contributed by atoms with E-state index in [1.165, 1.54) is 6.92 Å². The van der Waals surface area contributed by atoms with Gasteiger partial charge in [0.2, 0.25) is 5.13 Å². The molecule has 8 nitrogen and oxygen atoms in total. The monoisotopic (exact) mass is 370 g/mol. The van der Waals surface area contributed by atoms with E-state index in [0.717, 1.165) is 22.8 Å². The molecule has 0 radical (unpaired) electrons. The molecule has 26 heavy (non-hydrogen) atoms. The van der Waals surface area contributed by atoms with Crippen LogP contribution in [0.1, 0.15) is 41.4 Å². The maximum Gasteiger partial charge on any atom is 0.279 e. The lowest BCUT2D eigenvalue weighted by molar-refractivity contribution is -0.116. The minimum Gasteiger partial charge on any atom is -0.300 e. The molecule has 0 fully saturated rings. The van der Waals surface area contributed by atoms with Crippen LogP contribution in [0.3, 0.4) is 0 Å². The number of carbonyl (C=O) groups excluding carboxylic acids is 2. The molecular formula is C17H18N6O2S. The summed E-state index contributed by atoms with van der Waals surface area (Å²) in [6.07, 6.45) is 0.742. The zero-order valence-corrected chi connectivity index (χ0v) is 15.5. The molecule has 0 saturated heterocycles. The number of aryl methyl sites for hydroxylation is 1. The van der Waals surface area contributed by atoms with Crippen molar-refractivity contribution in [1.29, 1.82) is 0 Å². The van der Waals surface area contributed by atoms with E-state index < -0.39 is 5.91 Å². The normalized spacial score (nSPS) is 10.7. The Balaban J connectivity index is 1.82. The van der Waals surface area contributed by atoms with Crippen molar-refractivity contribution in [1.82, 2.24) is 24.4 Å². The van der Waals surface area contributed by atoms with Crippen molar-refractivity contribution >= 4 is 28.4 Å². The molecule has 1 N–H and O–H groups in total. The molecule has 0 bridgehead atoms. The van der Waals surface area contributed by atoms with Gasteiger partial charge < -0.3 is 0 Å². The maximum atomic E-state index is 12.6. The van der Waals surface area contributed by atoms with Gasteiger partial charge in [-0.1, -0.05) is 29.8 Å². The van der Waals surface area contributed by atoms with Crippen LogP contribution in [0.5, 0.6) is 0 Å². The van der Waals surface area contributed by atoms with Crippen LogP contribution in [-0.2, 0) is 17.6 Å². The van der Waals surface area contributed by atoms with Crippen LogP contribution in [0.25, 0.3) is 5.69 Å². The molecule has 0 saturated carbocycles. The number of ketones is 1. The SMILES string of the molecule is CCc1c(C(=O)Nc2nc(CC(C)=O)ns2)nnn1-c1ccc(C)cc1. The molecule has 1 aromatic carbocycles. The van der Waals surface area contributed by atoms with E-state index in [9.17, 15) is 9.59 Å². The van der Waals surface area contributed by atoms with Gasteiger partial charge in [0.25, 0.3) is 5.91 Å². The fourth-order valence-corrected chi connectivity index (χ4v) is 3.03. The fraction of sp³-hybridized carbons (Fsp3) is 0.294. The summed E-state index contributed by atoms with van der Waals surface area (Å²) in [7, 11) is 0. The smallest absolute Gasteiger partial charge is 0.279 e. The summed E-state index contributed by atoms with van der Waals surface area (Å²) in [5, 5.41) is 11.2. The molecule has 0 aliphatic heterocycles. The maximum absolute atomic E-state index is 12.6.